The average Bonchev–Trinajstić information content (AvgIpc) is 1.92. The van der Waals surface area contributed by atoms with E-state index in [-0.39, 0.29) is 12.8 Å². The van der Waals surface area contributed by atoms with E-state index >= 15 is 0 Å². The molecule has 1 rings (SSSR count). The van der Waals surface area contributed by atoms with Crippen LogP contribution >= 0.6 is 0 Å². The summed E-state index contributed by atoms with van der Waals surface area (Å²) in [5.74, 6) is 2.60. The number of rotatable bonds is 0. The van der Waals surface area contributed by atoms with Gasteiger partial charge < -0.3 is 0 Å². The third-order valence-corrected chi connectivity index (χ3v) is 1.32. The summed E-state index contributed by atoms with van der Waals surface area (Å²) in [6.45, 7) is 0. The molecule has 0 unspecified atom stereocenters. The molecule has 0 amide bonds. The highest BCUT2D eigenvalue weighted by atomic mass is 19.3. The molecule has 0 atom stereocenters. The molecular formula is C7H8F2. The summed E-state index contributed by atoms with van der Waals surface area (Å²) in [5.41, 5.74) is 0. The smallest absolute Gasteiger partial charge is 0.206 e. The van der Waals surface area contributed by atoms with Gasteiger partial charge in [-0.25, -0.2) is 8.78 Å². The molecule has 0 spiro atoms. The van der Waals surface area contributed by atoms with Gasteiger partial charge in [-0.2, -0.15) is 0 Å². The lowest BCUT2D eigenvalue weighted by molar-refractivity contribution is -0.00250. The Morgan fingerprint density at radius 3 is 2.78 bits per heavy atom. The van der Waals surface area contributed by atoms with E-state index in [9.17, 15) is 8.78 Å². The number of halogens is 2. The minimum Gasteiger partial charge on any atom is -0.206 e. The van der Waals surface area contributed by atoms with Crippen LogP contribution in [-0.4, -0.2) is 5.92 Å². The van der Waals surface area contributed by atoms with Gasteiger partial charge in [0.05, 0.1) is 6.42 Å². The van der Waals surface area contributed by atoms with E-state index in [4.69, 9.17) is 0 Å². The lowest BCUT2D eigenvalue weighted by Crippen LogP contribution is -2.12. The van der Waals surface area contributed by atoms with Crippen molar-refractivity contribution in [2.75, 3.05) is 0 Å². The van der Waals surface area contributed by atoms with E-state index in [1.807, 2.05) is 0 Å². The summed E-state index contributed by atoms with van der Waals surface area (Å²) >= 11 is 0. The lowest BCUT2D eigenvalue weighted by atomic mass is 10.1. The summed E-state index contributed by atoms with van der Waals surface area (Å²) < 4.78 is 24.7. The SMILES string of the molecule is FC1(F)CC#CCCC1. The molecule has 0 aromatic rings. The molecule has 0 fully saturated rings. The van der Waals surface area contributed by atoms with Crippen LogP contribution < -0.4 is 0 Å². The van der Waals surface area contributed by atoms with Crippen LogP contribution in [0.4, 0.5) is 8.78 Å². The van der Waals surface area contributed by atoms with Gasteiger partial charge in [0.2, 0.25) is 0 Å². The Morgan fingerprint density at radius 2 is 2.00 bits per heavy atom. The maximum Gasteiger partial charge on any atom is 0.258 e. The summed E-state index contributed by atoms with van der Waals surface area (Å²) in [7, 11) is 0. The molecule has 0 heterocycles. The molecule has 0 bridgehead atoms. The van der Waals surface area contributed by atoms with Crippen molar-refractivity contribution in [1.29, 1.82) is 0 Å². The van der Waals surface area contributed by atoms with Crippen LogP contribution in [0, 0.1) is 11.8 Å². The van der Waals surface area contributed by atoms with Gasteiger partial charge >= 0.3 is 0 Å². The van der Waals surface area contributed by atoms with Crippen molar-refractivity contribution < 1.29 is 8.78 Å². The highest BCUT2D eigenvalue weighted by Crippen LogP contribution is 2.25. The van der Waals surface area contributed by atoms with Crippen LogP contribution in [0.25, 0.3) is 0 Å². The van der Waals surface area contributed by atoms with Crippen LogP contribution in [0.5, 0.6) is 0 Å². The summed E-state index contributed by atoms with van der Waals surface area (Å²) in [6.07, 6.45) is 0.926. The van der Waals surface area contributed by atoms with Gasteiger partial charge in [0.15, 0.2) is 0 Å². The molecule has 0 aromatic heterocycles. The number of hydrogen-bond acceptors (Lipinski definition) is 0. The van der Waals surface area contributed by atoms with E-state index in [2.05, 4.69) is 11.8 Å². The molecular weight excluding hydrogens is 122 g/mol. The van der Waals surface area contributed by atoms with Gasteiger partial charge in [-0.15, -0.1) is 5.92 Å². The second kappa shape index (κ2) is 2.34. The molecule has 2 heteroatoms. The molecule has 0 aromatic carbocycles. The van der Waals surface area contributed by atoms with Crippen molar-refractivity contribution >= 4 is 0 Å². The van der Waals surface area contributed by atoms with Crippen LogP contribution in [-0.2, 0) is 0 Å². The van der Waals surface area contributed by atoms with Crippen LogP contribution in [0.2, 0.25) is 0 Å². The lowest BCUT2D eigenvalue weighted by Gasteiger charge is -2.09. The van der Waals surface area contributed by atoms with Crippen molar-refractivity contribution in [3.63, 3.8) is 0 Å². The Bertz CT molecular complexity index is 150. The third-order valence-electron chi connectivity index (χ3n) is 1.32. The van der Waals surface area contributed by atoms with Crippen LogP contribution in [0.15, 0.2) is 0 Å². The fraction of sp³-hybridized carbons (Fsp3) is 0.714. The first-order valence-electron chi connectivity index (χ1n) is 3.04. The third kappa shape index (κ3) is 2.01. The minimum absolute atomic E-state index is 0.00694. The molecule has 9 heavy (non-hydrogen) atoms. The van der Waals surface area contributed by atoms with Gasteiger partial charge in [0, 0.05) is 12.8 Å². The Hall–Kier alpha value is -0.580. The minimum atomic E-state index is -2.51. The van der Waals surface area contributed by atoms with Crippen molar-refractivity contribution in [2.24, 2.45) is 0 Å². The van der Waals surface area contributed by atoms with Crippen molar-refractivity contribution in [3.05, 3.63) is 0 Å². The maximum absolute atomic E-state index is 12.4. The second-order valence-electron chi connectivity index (χ2n) is 2.24. The van der Waals surface area contributed by atoms with E-state index in [0.29, 0.717) is 12.8 Å². The molecule has 0 nitrogen and oxygen atoms in total. The number of alkyl halides is 2. The van der Waals surface area contributed by atoms with Gasteiger partial charge in [0.1, 0.15) is 0 Å². The number of hydrogen-bond donors (Lipinski definition) is 0. The summed E-state index contributed by atoms with van der Waals surface area (Å²) in [6, 6.07) is 0. The van der Waals surface area contributed by atoms with E-state index < -0.39 is 5.92 Å². The van der Waals surface area contributed by atoms with Crippen molar-refractivity contribution in [3.8, 4) is 11.8 Å². The topological polar surface area (TPSA) is 0 Å². The molecule has 0 radical (unpaired) electrons. The zero-order chi connectivity index (χ0) is 6.74. The van der Waals surface area contributed by atoms with Crippen molar-refractivity contribution in [1.82, 2.24) is 0 Å². The second-order valence-corrected chi connectivity index (χ2v) is 2.24. The fourth-order valence-corrected chi connectivity index (χ4v) is 0.804. The van der Waals surface area contributed by atoms with E-state index in [0.717, 1.165) is 0 Å². The quantitative estimate of drug-likeness (QED) is 0.441. The largest absolute Gasteiger partial charge is 0.258 e. The molecule has 0 N–H and O–H groups in total. The Balaban J connectivity index is 2.52. The predicted molar refractivity (Wildman–Crippen MR) is 31.2 cm³/mol. The summed E-state index contributed by atoms with van der Waals surface area (Å²) in [4.78, 5) is 0. The zero-order valence-electron chi connectivity index (χ0n) is 5.08. The standard InChI is InChI=1S/C7H8F2/c8-7(9)5-3-1-2-4-6-7/h1,3,5-6H2. The van der Waals surface area contributed by atoms with Crippen molar-refractivity contribution in [2.45, 2.75) is 31.6 Å². The average molecular weight is 130 g/mol. The highest BCUT2D eigenvalue weighted by Gasteiger charge is 2.27. The van der Waals surface area contributed by atoms with Crippen LogP contribution in [0.1, 0.15) is 25.7 Å². The Kier molecular flexibility index (Phi) is 1.70. The van der Waals surface area contributed by atoms with Gasteiger partial charge in [-0.3, -0.25) is 0 Å². The molecule has 50 valence electrons. The molecule has 1 aliphatic rings. The zero-order valence-corrected chi connectivity index (χ0v) is 5.08. The molecule has 0 saturated heterocycles. The Morgan fingerprint density at radius 1 is 1.22 bits per heavy atom. The normalized spacial score (nSPS) is 23.8. The molecule has 0 aliphatic heterocycles. The first-order valence-corrected chi connectivity index (χ1v) is 3.04. The highest BCUT2D eigenvalue weighted by molar-refractivity contribution is 5.04. The first kappa shape index (κ1) is 6.54. The summed E-state index contributed by atoms with van der Waals surface area (Å²) in [5, 5.41) is 0. The fourth-order valence-electron chi connectivity index (χ4n) is 0.804. The predicted octanol–water partition coefficient (Wildman–Crippen LogP) is 2.20. The van der Waals surface area contributed by atoms with Gasteiger partial charge in [-0.05, 0) is 6.42 Å². The molecule has 1 aliphatic carbocycles. The van der Waals surface area contributed by atoms with E-state index in [1.165, 1.54) is 0 Å². The molecule has 0 saturated carbocycles. The van der Waals surface area contributed by atoms with Gasteiger partial charge in [-0.1, -0.05) is 5.92 Å². The van der Waals surface area contributed by atoms with E-state index in [1.54, 1.807) is 0 Å². The Labute approximate surface area is 53.3 Å². The first-order chi connectivity index (χ1) is 4.21. The monoisotopic (exact) mass is 130 g/mol. The maximum atomic E-state index is 12.4. The van der Waals surface area contributed by atoms with Gasteiger partial charge in [0.25, 0.3) is 5.92 Å². The van der Waals surface area contributed by atoms with Crippen LogP contribution in [0.3, 0.4) is 0 Å².